The molecule has 2 aliphatic carbocycles. The molecule has 2 nitrogen and oxygen atoms in total. The maximum absolute atomic E-state index is 12.2. The zero-order valence-electron chi connectivity index (χ0n) is 12.2. The predicted molar refractivity (Wildman–Crippen MR) is 86.6 cm³/mol. The first-order chi connectivity index (χ1) is 10.0. The molecule has 0 heterocycles. The zero-order chi connectivity index (χ0) is 15.0. The first-order valence-corrected chi connectivity index (χ1v) is 8.53. The molecule has 2 aliphatic rings. The van der Waals surface area contributed by atoms with Gasteiger partial charge >= 0.3 is 0 Å². The Labute approximate surface area is 136 Å². The summed E-state index contributed by atoms with van der Waals surface area (Å²) in [6.07, 6.45) is 5.97. The molecule has 4 unspecified atom stereocenters. The molecule has 2 saturated carbocycles. The van der Waals surface area contributed by atoms with E-state index in [0.717, 1.165) is 17.4 Å². The Morgan fingerprint density at radius 2 is 2.10 bits per heavy atom. The van der Waals surface area contributed by atoms with Crippen molar-refractivity contribution < 1.29 is 4.79 Å². The van der Waals surface area contributed by atoms with E-state index < -0.39 is 0 Å². The van der Waals surface area contributed by atoms with Crippen LogP contribution in [0, 0.1) is 17.8 Å². The van der Waals surface area contributed by atoms with Crippen molar-refractivity contribution in [2.24, 2.45) is 17.8 Å². The SMILES string of the molecule is CC(NC(=O)CC1CC2CCC1C2)c1ccc(Cl)c(Cl)c1. The van der Waals surface area contributed by atoms with Crippen LogP contribution < -0.4 is 5.32 Å². The third-order valence-corrected chi connectivity index (χ3v) is 5.89. The van der Waals surface area contributed by atoms with Crippen LogP contribution in [0.2, 0.25) is 10.0 Å². The minimum absolute atomic E-state index is 0.0362. The van der Waals surface area contributed by atoms with E-state index in [-0.39, 0.29) is 11.9 Å². The Morgan fingerprint density at radius 3 is 2.71 bits per heavy atom. The lowest BCUT2D eigenvalue weighted by molar-refractivity contribution is -0.123. The quantitative estimate of drug-likeness (QED) is 0.829. The van der Waals surface area contributed by atoms with Gasteiger partial charge in [0.15, 0.2) is 0 Å². The van der Waals surface area contributed by atoms with Gasteiger partial charge in [0.1, 0.15) is 0 Å². The van der Waals surface area contributed by atoms with E-state index >= 15 is 0 Å². The van der Waals surface area contributed by atoms with E-state index in [1.54, 1.807) is 6.07 Å². The van der Waals surface area contributed by atoms with Gasteiger partial charge < -0.3 is 5.32 Å². The average Bonchev–Trinajstić information content (AvgIpc) is 3.04. The second-order valence-corrected chi connectivity index (χ2v) is 7.42. The lowest BCUT2D eigenvalue weighted by atomic mass is 9.86. The van der Waals surface area contributed by atoms with Gasteiger partial charge in [0.25, 0.3) is 0 Å². The third kappa shape index (κ3) is 3.37. The molecule has 0 aromatic heterocycles. The van der Waals surface area contributed by atoms with Crippen molar-refractivity contribution in [3.63, 3.8) is 0 Å². The van der Waals surface area contributed by atoms with Crippen LogP contribution in [0.1, 0.15) is 50.6 Å². The van der Waals surface area contributed by atoms with Crippen molar-refractivity contribution in [3.05, 3.63) is 33.8 Å². The maximum atomic E-state index is 12.2. The monoisotopic (exact) mass is 325 g/mol. The molecule has 2 fully saturated rings. The zero-order valence-corrected chi connectivity index (χ0v) is 13.8. The molecule has 0 saturated heterocycles. The number of nitrogens with one attached hydrogen (secondary N) is 1. The lowest BCUT2D eigenvalue weighted by Crippen LogP contribution is -2.29. The normalized spacial score (nSPS) is 28.6. The van der Waals surface area contributed by atoms with Crippen molar-refractivity contribution in [1.29, 1.82) is 0 Å². The fraction of sp³-hybridized carbons (Fsp3) is 0.588. The standard InChI is InChI=1S/C17H21Cl2NO/c1-10(12-4-5-15(18)16(19)8-12)20-17(21)9-14-7-11-2-3-13(14)6-11/h4-5,8,10-11,13-14H,2-3,6-7,9H2,1H3,(H,20,21). The van der Waals surface area contributed by atoms with Gasteiger partial charge in [0.2, 0.25) is 5.91 Å². The van der Waals surface area contributed by atoms with Gasteiger partial charge in [-0.1, -0.05) is 35.7 Å². The summed E-state index contributed by atoms with van der Waals surface area (Å²) in [7, 11) is 0. The maximum Gasteiger partial charge on any atom is 0.220 e. The van der Waals surface area contributed by atoms with E-state index in [2.05, 4.69) is 5.32 Å². The van der Waals surface area contributed by atoms with Gasteiger partial charge in [-0.2, -0.15) is 0 Å². The summed E-state index contributed by atoms with van der Waals surface area (Å²) < 4.78 is 0. The van der Waals surface area contributed by atoms with Gasteiger partial charge in [-0.3, -0.25) is 4.79 Å². The van der Waals surface area contributed by atoms with Crippen LogP contribution in [0.15, 0.2) is 18.2 Å². The Balaban J connectivity index is 1.55. The summed E-state index contributed by atoms with van der Waals surface area (Å²) in [6, 6.07) is 5.48. The fourth-order valence-corrected chi connectivity index (χ4v) is 4.34. The summed E-state index contributed by atoms with van der Waals surface area (Å²) in [5.74, 6) is 2.44. The number of amides is 1. The van der Waals surface area contributed by atoms with Gasteiger partial charge in [-0.15, -0.1) is 0 Å². The fourth-order valence-electron chi connectivity index (χ4n) is 4.03. The third-order valence-electron chi connectivity index (χ3n) is 5.15. The first kappa shape index (κ1) is 15.2. The summed E-state index contributed by atoms with van der Waals surface area (Å²) in [5.41, 5.74) is 0.991. The number of benzene rings is 1. The molecule has 4 atom stereocenters. The molecule has 2 bridgehead atoms. The van der Waals surface area contributed by atoms with E-state index in [1.165, 1.54) is 25.7 Å². The molecular weight excluding hydrogens is 305 g/mol. The van der Waals surface area contributed by atoms with Crippen LogP contribution >= 0.6 is 23.2 Å². The topological polar surface area (TPSA) is 29.1 Å². The first-order valence-electron chi connectivity index (χ1n) is 7.77. The molecule has 4 heteroatoms. The number of carbonyl (C=O) groups is 1. The van der Waals surface area contributed by atoms with Crippen LogP contribution in [0.25, 0.3) is 0 Å². The van der Waals surface area contributed by atoms with Gasteiger partial charge in [-0.25, -0.2) is 0 Å². The Hall–Kier alpha value is -0.730. The van der Waals surface area contributed by atoms with Crippen molar-refractivity contribution in [3.8, 4) is 0 Å². The number of hydrogen-bond acceptors (Lipinski definition) is 1. The average molecular weight is 326 g/mol. The van der Waals surface area contributed by atoms with Crippen molar-refractivity contribution in [2.45, 2.75) is 45.1 Å². The molecular formula is C17H21Cl2NO. The molecule has 1 amide bonds. The van der Waals surface area contributed by atoms with E-state index in [4.69, 9.17) is 23.2 Å². The summed E-state index contributed by atoms with van der Waals surface area (Å²) in [6.45, 7) is 1.98. The molecule has 3 rings (SSSR count). The molecule has 0 spiro atoms. The van der Waals surface area contributed by atoms with Crippen molar-refractivity contribution >= 4 is 29.1 Å². The van der Waals surface area contributed by atoms with Crippen LogP contribution in [-0.4, -0.2) is 5.91 Å². The minimum atomic E-state index is -0.0362. The Morgan fingerprint density at radius 1 is 1.29 bits per heavy atom. The molecule has 114 valence electrons. The highest BCUT2D eigenvalue weighted by Crippen LogP contribution is 2.49. The Bertz CT molecular complexity index is 546. The second-order valence-electron chi connectivity index (χ2n) is 6.60. The number of halogens is 2. The summed E-state index contributed by atoms with van der Waals surface area (Å²) in [4.78, 5) is 12.2. The summed E-state index contributed by atoms with van der Waals surface area (Å²) in [5, 5.41) is 4.16. The van der Waals surface area contributed by atoms with Crippen molar-refractivity contribution in [1.82, 2.24) is 5.32 Å². The highest BCUT2D eigenvalue weighted by Gasteiger charge is 2.40. The molecule has 1 aromatic rings. The molecule has 21 heavy (non-hydrogen) atoms. The molecule has 1 aromatic carbocycles. The Kier molecular flexibility index (Phi) is 4.46. The largest absolute Gasteiger partial charge is 0.350 e. The van der Waals surface area contributed by atoms with Crippen LogP contribution in [0.5, 0.6) is 0 Å². The predicted octanol–water partition coefficient (Wildman–Crippen LogP) is 5.00. The number of fused-ring (bicyclic) bond motifs is 2. The van der Waals surface area contributed by atoms with E-state index in [1.807, 2.05) is 19.1 Å². The molecule has 0 radical (unpaired) electrons. The van der Waals surface area contributed by atoms with E-state index in [9.17, 15) is 4.79 Å². The van der Waals surface area contributed by atoms with Crippen LogP contribution in [0.4, 0.5) is 0 Å². The van der Waals surface area contributed by atoms with Gasteiger partial charge in [0.05, 0.1) is 16.1 Å². The second kappa shape index (κ2) is 6.18. The smallest absolute Gasteiger partial charge is 0.220 e. The van der Waals surface area contributed by atoms with E-state index in [0.29, 0.717) is 22.4 Å². The number of hydrogen-bond donors (Lipinski definition) is 1. The van der Waals surface area contributed by atoms with Crippen molar-refractivity contribution in [2.75, 3.05) is 0 Å². The van der Waals surface area contributed by atoms with Crippen LogP contribution in [-0.2, 0) is 4.79 Å². The summed E-state index contributed by atoms with van der Waals surface area (Å²) >= 11 is 12.0. The number of rotatable bonds is 4. The lowest BCUT2D eigenvalue weighted by Gasteiger charge is -2.22. The molecule has 0 aliphatic heterocycles. The highest BCUT2D eigenvalue weighted by atomic mass is 35.5. The molecule has 1 N–H and O–H groups in total. The van der Waals surface area contributed by atoms with Gasteiger partial charge in [0, 0.05) is 6.42 Å². The number of carbonyl (C=O) groups excluding carboxylic acids is 1. The highest BCUT2D eigenvalue weighted by molar-refractivity contribution is 6.42. The van der Waals surface area contributed by atoms with Gasteiger partial charge in [-0.05, 0) is 61.6 Å². The van der Waals surface area contributed by atoms with Crippen LogP contribution in [0.3, 0.4) is 0 Å². The minimum Gasteiger partial charge on any atom is -0.350 e.